The third-order valence-electron chi connectivity index (χ3n) is 3.96. The van der Waals surface area contributed by atoms with Gasteiger partial charge in [0.05, 0.1) is 0 Å². The molecule has 0 heterocycles. The van der Waals surface area contributed by atoms with E-state index in [2.05, 4.69) is 89.3 Å². The van der Waals surface area contributed by atoms with Crippen LogP contribution in [-0.4, -0.2) is 6.29 Å². The van der Waals surface area contributed by atoms with Crippen molar-refractivity contribution in [2.45, 2.75) is 48.5 Å². The van der Waals surface area contributed by atoms with Crippen LogP contribution in [0.2, 0.25) is 0 Å². The fourth-order valence-corrected chi connectivity index (χ4v) is 2.12. The standard InChI is InChI=1S/C30H38O/c1-25(2)14-10-17-28(5)20-11-18-26(3)15-8-9-16-27(4)19-12-21-29(6)22-13-23-30(7)24-31/h8-24H,1-7H3. The minimum absolute atomic E-state index is 0.712. The summed E-state index contributed by atoms with van der Waals surface area (Å²) < 4.78 is 0. The Hall–Kier alpha value is -3.19. The molecule has 0 bridgehead atoms. The molecule has 1 nitrogen and oxygen atoms in total. The molecule has 0 unspecified atom stereocenters. The van der Waals surface area contributed by atoms with Crippen LogP contribution in [0.1, 0.15) is 48.5 Å². The number of allylic oxidation sites excluding steroid dienone is 22. The molecule has 0 N–H and O–H groups in total. The zero-order valence-corrected chi connectivity index (χ0v) is 20.2. The van der Waals surface area contributed by atoms with E-state index in [1.54, 1.807) is 13.0 Å². The Kier molecular flexibility index (Phi) is 15.8. The van der Waals surface area contributed by atoms with Crippen molar-refractivity contribution >= 4 is 6.29 Å². The van der Waals surface area contributed by atoms with Crippen molar-refractivity contribution in [2.75, 3.05) is 0 Å². The van der Waals surface area contributed by atoms with E-state index < -0.39 is 0 Å². The monoisotopic (exact) mass is 414 g/mol. The van der Waals surface area contributed by atoms with E-state index >= 15 is 0 Å². The summed E-state index contributed by atoms with van der Waals surface area (Å²) in [6.07, 6.45) is 33.5. The van der Waals surface area contributed by atoms with E-state index in [0.717, 1.165) is 11.9 Å². The summed E-state index contributed by atoms with van der Waals surface area (Å²) in [5, 5.41) is 0. The van der Waals surface area contributed by atoms with E-state index in [1.165, 1.54) is 22.3 Å². The topological polar surface area (TPSA) is 17.1 Å². The highest BCUT2D eigenvalue weighted by molar-refractivity contribution is 5.72. The van der Waals surface area contributed by atoms with Gasteiger partial charge in [-0.25, -0.2) is 0 Å². The van der Waals surface area contributed by atoms with Crippen molar-refractivity contribution in [3.63, 3.8) is 0 Å². The Bertz CT molecular complexity index is 894. The van der Waals surface area contributed by atoms with Gasteiger partial charge in [-0.3, -0.25) is 4.79 Å². The van der Waals surface area contributed by atoms with Gasteiger partial charge in [0.15, 0.2) is 0 Å². The molecule has 0 aliphatic heterocycles. The second-order valence-electron chi connectivity index (χ2n) is 7.74. The van der Waals surface area contributed by atoms with Gasteiger partial charge in [-0.1, -0.05) is 125 Å². The van der Waals surface area contributed by atoms with E-state index in [-0.39, 0.29) is 0 Å². The van der Waals surface area contributed by atoms with E-state index in [9.17, 15) is 4.79 Å². The average molecular weight is 415 g/mol. The minimum atomic E-state index is 0.712. The second-order valence-corrected chi connectivity index (χ2v) is 7.74. The molecule has 0 aliphatic rings. The Morgan fingerprint density at radius 3 is 1.00 bits per heavy atom. The van der Waals surface area contributed by atoms with Crippen molar-refractivity contribution in [1.29, 1.82) is 0 Å². The smallest absolute Gasteiger partial charge is 0.145 e. The third-order valence-corrected chi connectivity index (χ3v) is 3.96. The molecule has 0 radical (unpaired) electrons. The van der Waals surface area contributed by atoms with Crippen LogP contribution in [0.5, 0.6) is 0 Å². The van der Waals surface area contributed by atoms with Crippen LogP contribution >= 0.6 is 0 Å². The van der Waals surface area contributed by atoms with Gasteiger partial charge in [-0.2, -0.15) is 0 Å². The first-order valence-electron chi connectivity index (χ1n) is 10.6. The largest absolute Gasteiger partial charge is 0.298 e. The fraction of sp³-hybridized carbons (Fsp3) is 0.233. The Balaban J connectivity index is 4.70. The lowest BCUT2D eigenvalue weighted by atomic mass is 10.2. The first kappa shape index (κ1) is 27.8. The summed E-state index contributed by atoms with van der Waals surface area (Å²) >= 11 is 0. The number of rotatable bonds is 11. The molecule has 0 saturated carbocycles. The zero-order chi connectivity index (χ0) is 23.5. The van der Waals surface area contributed by atoms with Crippen LogP contribution in [0.4, 0.5) is 0 Å². The zero-order valence-electron chi connectivity index (χ0n) is 20.2. The van der Waals surface area contributed by atoms with Gasteiger partial charge in [0.2, 0.25) is 0 Å². The molecular formula is C30H38O. The maximum atomic E-state index is 10.5. The Morgan fingerprint density at radius 2 is 0.677 bits per heavy atom. The number of hydrogen-bond acceptors (Lipinski definition) is 1. The average Bonchev–Trinajstić information content (AvgIpc) is 2.70. The van der Waals surface area contributed by atoms with Gasteiger partial charge in [0, 0.05) is 0 Å². The quantitative estimate of drug-likeness (QED) is 0.188. The van der Waals surface area contributed by atoms with Crippen LogP contribution in [0.3, 0.4) is 0 Å². The molecule has 0 aromatic rings. The van der Waals surface area contributed by atoms with Crippen LogP contribution in [0.25, 0.3) is 0 Å². The normalized spacial score (nSPS) is 15.4. The maximum absolute atomic E-state index is 10.5. The van der Waals surface area contributed by atoms with Crippen molar-refractivity contribution < 1.29 is 4.79 Å². The molecule has 0 fully saturated rings. The van der Waals surface area contributed by atoms with Crippen molar-refractivity contribution in [2.24, 2.45) is 0 Å². The van der Waals surface area contributed by atoms with Crippen LogP contribution in [-0.2, 0) is 4.79 Å². The molecule has 0 aliphatic carbocycles. The molecular weight excluding hydrogens is 376 g/mol. The van der Waals surface area contributed by atoms with Crippen LogP contribution in [0, 0.1) is 0 Å². The van der Waals surface area contributed by atoms with E-state index in [1.807, 2.05) is 43.4 Å². The van der Waals surface area contributed by atoms with Crippen molar-refractivity contribution in [3.05, 3.63) is 131 Å². The first-order chi connectivity index (χ1) is 14.7. The summed E-state index contributed by atoms with van der Waals surface area (Å²) in [6, 6.07) is 0. The Labute approximate surface area is 190 Å². The lowest BCUT2D eigenvalue weighted by Gasteiger charge is -1.91. The van der Waals surface area contributed by atoms with Crippen LogP contribution in [0.15, 0.2) is 131 Å². The van der Waals surface area contributed by atoms with Gasteiger partial charge in [-0.05, 0) is 54.0 Å². The molecule has 0 saturated heterocycles. The van der Waals surface area contributed by atoms with E-state index in [4.69, 9.17) is 0 Å². The van der Waals surface area contributed by atoms with Gasteiger partial charge < -0.3 is 0 Å². The fourth-order valence-electron chi connectivity index (χ4n) is 2.12. The highest BCUT2D eigenvalue weighted by Crippen LogP contribution is 2.03. The highest BCUT2D eigenvalue weighted by atomic mass is 16.1. The number of hydrogen-bond donors (Lipinski definition) is 0. The second kappa shape index (κ2) is 17.7. The van der Waals surface area contributed by atoms with Gasteiger partial charge in [-0.15, -0.1) is 0 Å². The molecule has 0 spiro atoms. The van der Waals surface area contributed by atoms with Gasteiger partial charge >= 0.3 is 0 Å². The molecule has 164 valence electrons. The molecule has 1 heteroatoms. The number of carbonyl (C=O) groups is 1. The lowest BCUT2D eigenvalue weighted by molar-refractivity contribution is -0.104. The predicted octanol–water partition coefficient (Wildman–Crippen LogP) is 8.66. The van der Waals surface area contributed by atoms with Crippen molar-refractivity contribution in [1.82, 2.24) is 0 Å². The summed E-state index contributed by atoms with van der Waals surface area (Å²) in [5.74, 6) is 0. The lowest BCUT2D eigenvalue weighted by Crippen LogP contribution is -1.73. The Morgan fingerprint density at radius 1 is 0.387 bits per heavy atom. The highest BCUT2D eigenvalue weighted by Gasteiger charge is 1.83. The van der Waals surface area contributed by atoms with Gasteiger partial charge in [0.1, 0.15) is 6.29 Å². The van der Waals surface area contributed by atoms with Gasteiger partial charge in [0.25, 0.3) is 0 Å². The summed E-state index contributed by atoms with van der Waals surface area (Å²) in [6.45, 7) is 14.3. The van der Waals surface area contributed by atoms with Crippen molar-refractivity contribution in [3.8, 4) is 0 Å². The molecule has 0 amide bonds. The summed E-state index contributed by atoms with van der Waals surface area (Å²) in [7, 11) is 0. The first-order valence-corrected chi connectivity index (χ1v) is 10.6. The minimum Gasteiger partial charge on any atom is -0.298 e. The summed E-state index contributed by atoms with van der Waals surface area (Å²) in [5.41, 5.74) is 6.71. The SMILES string of the molecule is CC(C)=CC=CC(C)=CC=CC(C)=CC=CC=C(C)C=CC=C(C)C=CC=C(C)C=O. The predicted molar refractivity (Wildman–Crippen MR) is 140 cm³/mol. The molecule has 0 aromatic carbocycles. The maximum Gasteiger partial charge on any atom is 0.145 e. The molecule has 0 atom stereocenters. The summed E-state index contributed by atoms with van der Waals surface area (Å²) in [4.78, 5) is 10.5. The van der Waals surface area contributed by atoms with Crippen LogP contribution < -0.4 is 0 Å². The number of carbonyl (C=O) groups excluding carboxylic acids is 1. The van der Waals surface area contributed by atoms with E-state index in [0.29, 0.717) is 5.57 Å². The molecule has 0 aromatic heterocycles. The molecule has 31 heavy (non-hydrogen) atoms. The number of aldehydes is 1. The molecule has 0 rings (SSSR count). The third kappa shape index (κ3) is 18.6.